The molecule has 0 radical (unpaired) electrons. The Labute approximate surface area is 168 Å². The highest BCUT2D eigenvalue weighted by atomic mass is 16.3. The zero-order valence-corrected chi connectivity index (χ0v) is 15.6. The number of aliphatic hydroxyl groups is 1. The Morgan fingerprint density at radius 2 is 1.41 bits per heavy atom. The summed E-state index contributed by atoms with van der Waals surface area (Å²) < 4.78 is 8.60. The van der Waals surface area contributed by atoms with Crippen LogP contribution in [0.1, 0.15) is 13.5 Å². The molecule has 8 bridgehead atoms. The number of nitrogens with one attached hydrogen (secondary N) is 1. The Morgan fingerprint density at radius 3 is 2.00 bits per heavy atom. The molecule has 6 nitrogen and oxygen atoms in total. The Morgan fingerprint density at radius 1 is 0.862 bits per heavy atom. The average Bonchev–Trinajstić information content (AvgIpc) is 3.48. The van der Waals surface area contributed by atoms with Crippen LogP contribution in [0.3, 0.4) is 0 Å². The van der Waals surface area contributed by atoms with Crippen molar-refractivity contribution in [2.24, 2.45) is 20.7 Å². The van der Waals surface area contributed by atoms with Gasteiger partial charge in [-0.05, 0) is 73.3 Å². The molecule has 0 atom stereocenters. The van der Waals surface area contributed by atoms with Crippen molar-refractivity contribution >= 4 is 35.0 Å². The molecule has 1 aromatic heterocycles. The minimum Gasteiger partial charge on any atom is -0.512 e. The topological polar surface area (TPSA) is 99.1 Å². The number of allylic oxidation sites excluding steroid dienone is 8. The van der Waals surface area contributed by atoms with Crippen LogP contribution < -0.4 is 16.3 Å². The third kappa shape index (κ3) is 3.53. The first-order valence-corrected chi connectivity index (χ1v) is 9.37. The number of aliphatic hydroxyl groups excluding tert-OH is 1. The fourth-order valence-corrected chi connectivity index (χ4v) is 3.37. The molecule has 0 aliphatic carbocycles. The van der Waals surface area contributed by atoms with Crippen LogP contribution in [-0.4, -0.2) is 33.8 Å². The number of H-pyrrole nitrogens is 1. The fourth-order valence-electron chi connectivity index (χ4n) is 3.37. The normalized spacial score (nSPS) is 20.4. The van der Waals surface area contributed by atoms with E-state index < -0.39 is 0 Å². The van der Waals surface area contributed by atoms with Crippen molar-refractivity contribution in [1.29, 1.82) is 0 Å². The van der Waals surface area contributed by atoms with Gasteiger partial charge in [0.2, 0.25) is 0 Å². The van der Waals surface area contributed by atoms with Crippen LogP contribution >= 0.6 is 0 Å². The van der Waals surface area contributed by atoms with E-state index in [1.807, 2.05) is 54.7 Å². The van der Waals surface area contributed by atoms with Gasteiger partial charge in [0.05, 0.1) is 40.9 Å². The lowest BCUT2D eigenvalue weighted by molar-refractivity contribution is 0.479. The van der Waals surface area contributed by atoms with Gasteiger partial charge in [-0.25, -0.2) is 15.0 Å². The first kappa shape index (κ1) is 16.2. The second-order valence-electron chi connectivity index (χ2n) is 6.90. The summed E-state index contributed by atoms with van der Waals surface area (Å²) in [6.45, 7) is 0.292. The lowest BCUT2D eigenvalue weighted by atomic mass is 10.2. The van der Waals surface area contributed by atoms with Crippen molar-refractivity contribution in [2.75, 3.05) is 6.54 Å². The van der Waals surface area contributed by atoms with E-state index in [0.29, 0.717) is 28.5 Å². The van der Waals surface area contributed by atoms with E-state index in [2.05, 4.69) is 20.0 Å². The van der Waals surface area contributed by atoms with E-state index in [-0.39, 0.29) is 18.2 Å². The van der Waals surface area contributed by atoms with Crippen molar-refractivity contribution < 1.29 is 6.48 Å². The molecule has 1 aromatic rings. The summed E-state index contributed by atoms with van der Waals surface area (Å²) in [6, 6.07) is 0.199. The first-order valence-electron chi connectivity index (χ1n) is 9.87. The fraction of sp³-hybridized carbons (Fsp3) is 0.0870. The standard InChI is InChI=1S/C23H19N5O/c24-8-7-23(29)21-12-20-11-18-4-3-16(26-18)9-14-1-2-15(25-14)10-17-5-6-19(27-17)13-22(21)28-20/h1-6,9-13,28-29H,7-8,24H2/i12D. The van der Waals surface area contributed by atoms with Gasteiger partial charge in [-0.1, -0.05) is 0 Å². The molecule has 4 N–H and O–H groups in total. The number of nitrogens with zero attached hydrogens (tertiary/aromatic N) is 3. The van der Waals surface area contributed by atoms with Crippen LogP contribution in [0.25, 0.3) is 17.9 Å². The Hall–Kier alpha value is -3.77. The van der Waals surface area contributed by atoms with Crippen LogP contribution in [0, 0.1) is 0 Å². The number of aromatic amines is 1. The summed E-state index contributed by atoms with van der Waals surface area (Å²) in [4.78, 5) is 17.0. The molecule has 4 aliphatic rings. The zero-order valence-electron chi connectivity index (χ0n) is 16.6. The van der Waals surface area contributed by atoms with Gasteiger partial charge < -0.3 is 15.8 Å². The molecule has 0 spiro atoms. The number of hydrogen-bond acceptors (Lipinski definition) is 5. The molecule has 4 aliphatic heterocycles. The highest BCUT2D eigenvalue weighted by Gasteiger charge is 2.10. The van der Waals surface area contributed by atoms with E-state index in [1.165, 1.54) is 0 Å². The predicted molar refractivity (Wildman–Crippen MR) is 118 cm³/mol. The van der Waals surface area contributed by atoms with E-state index in [9.17, 15) is 5.11 Å². The molecule has 5 heterocycles. The van der Waals surface area contributed by atoms with Crippen molar-refractivity contribution in [3.8, 4) is 0 Å². The van der Waals surface area contributed by atoms with Crippen LogP contribution in [0.5, 0.6) is 0 Å². The number of fused-ring (bicyclic) bond motifs is 5. The van der Waals surface area contributed by atoms with E-state index >= 15 is 0 Å². The predicted octanol–water partition coefficient (Wildman–Crippen LogP) is 1.96. The summed E-state index contributed by atoms with van der Waals surface area (Å²) in [5.74, 6) is 0.0820. The summed E-state index contributed by atoms with van der Waals surface area (Å²) in [6.07, 6.45) is 19.2. The first-order chi connectivity index (χ1) is 14.6. The molecule has 0 unspecified atom stereocenters. The summed E-state index contributed by atoms with van der Waals surface area (Å²) in [5.41, 5.74) is 10.8. The number of aliphatic imine (C=N–C) groups is 3. The van der Waals surface area contributed by atoms with E-state index in [0.717, 1.165) is 28.5 Å². The van der Waals surface area contributed by atoms with Gasteiger partial charge >= 0.3 is 0 Å². The molecule has 0 amide bonds. The van der Waals surface area contributed by atoms with E-state index in [1.54, 1.807) is 6.08 Å². The van der Waals surface area contributed by atoms with Crippen LogP contribution in [0.4, 0.5) is 0 Å². The summed E-state index contributed by atoms with van der Waals surface area (Å²) in [7, 11) is 0. The van der Waals surface area contributed by atoms with Gasteiger partial charge in [0.25, 0.3) is 0 Å². The minimum absolute atomic E-state index is 0.0820. The van der Waals surface area contributed by atoms with Crippen molar-refractivity contribution in [3.05, 3.63) is 88.0 Å². The maximum Gasteiger partial charge on any atom is 0.103 e. The van der Waals surface area contributed by atoms with Crippen LogP contribution in [0.15, 0.2) is 86.7 Å². The van der Waals surface area contributed by atoms with Gasteiger partial charge in [0, 0.05) is 17.3 Å². The molecule has 0 saturated carbocycles. The molecule has 0 fully saturated rings. The molecule has 0 aromatic carbocycles. The molecular weight excluding hydrogens is 362 g/mol. The van der Waals surface area contributed by atoms with Crippen LogP contribution in [-0.2, 0) is 0 Å². The van der Waals surface area contributed by atoms with Crippen LogP contribution in [0.2, 0.25) is 0 Å². The second-order valence-corrected chi connectivity index (χ2v) is 6.90. The molecule has 29 heavy (non-hydrogen) atoms. The number of hydrogen-bond donors (Lipinski definition) is 3. The number of aromatic nitrogens is 1. The van der Waals surface area contributed by atoms with Gasteiger partial charge in [-0.2, -0.15) is 0 Å². The maximum atomic E-state index is 10.5. The van der Waals surface area contributed by atoms with Gasteiger partial charge in [0.15, 0.2) is 0 Å². The summed E-state index contributed by atoms with van der Waals surface area (Å²) in [5, 5.41) is 11.6. The van der Waals surface area contributed by atoms with Crippen molar-refractivity contribution in [3.63, 3.8) is 0 Å². The lowest BCUT2D eigenvalue weighted by Gasteiger charge is -1.94. The van der Waals surface area contributed by atoms with Gasteiger partial charge in [-0.3, -0.25) is 0 Å². The second kappa shape index (κ2) is 7.00. The highest BCUT2D eigenvalue weighted by molar-refractivity contribution is 6.20. The van der Waals surface area contributed by atoms with E-state index in [4.69, 9.17) is 7.10 Å². The van der Waals surface area contributed by atoms with Crippen molar-refractivity contribution in [1.82, 2.24) is 4.98 Å². The number of nitrogens with two attached hydrogens (primary N) is 1. The third-order valence-corrected chi connectivity index (χ3v) is 4.69. The molecular formula is C23H19N5O. The summed E-state index contributed by atoms with van der Waals surface area (Å²) >= 11 is 0. The van der Waals surface area contributed by atoms with Gasteiger partial charge in [-0.15, -0.1) is 0 Å². The maximum absolute atomic E-state index is 10.5. The Kier molecular flexibility index (Phi) is 3.91. The Balaban J connectivity index is 1.77. The molecule has 6 heteroatoms. The Bertz CT molecular complexity index is 1360. The molecule has 0 saturated heterocycles. The average molecular weight is 382 g/mol. The zero-order chi connectivity index (χ0) is 20.7. The quantitative estimate of drug-likeness (QED) is 0.729. The largest absolute Gasteiger partial charge is 0.512 e. The monoisotopic (exact) mass is 382 g/mol. The molecule has 5 rings (SSSR count). The van der Waals surface area contributed by atoms with Gasteiger partial charge in [0.1, 0.15) is 5.76 Å². The number of rotatable bonds is 2. The third-order valence-electron chi connectivity index (χ3n) is 4.69. The smallest absolute Gasteiger partial charge is 0.103 e. The molecule has 142 valence electrons. The minimum atomic E-state index is 0.0820. The van der Waals surface area contributed by atoms with Crippen molar-refractivity contribution in [2.45, 2.75) is 6.42 Å². The highest BCUT2D eigenvalue weighted by Crippen LogP contribution is 2.18. The lowest BCUT2D eigenvalue weighted by Crippen LogP contribution is -2.26. The SMILES string of the molecule is [2H]c1c2[nH]c(c1=C(O)CCN)=CC1=NC(=CC3=NC(=CC4=NC(=C2)C=C4)C=C3)C=C1.